The summed E-state index contributed by atoms with van der Waals surface area (Å²) in [5, 5.41) is 0. The highest BCUT2D eigenvalue weighted by Crippen LogP contribution is 2.22. The Hall–Kier alpha value is -1.06. The maximum Gasteiger partial charge on any atom is 0.313 e. The van der Waals surface area contributed by atoms with Crippen LogP contribution in [-0.4, -0.2) is 24.6 Å². The van der Waals surface area contributed by atoms with Crippen LogP contribution in [0.1, 0.15) is 20.3 Å². The number of hydrogen-bond acceptors (Lipinski definition) is 4. The van der Waals surface area contributed by atoms with Crippen LogP contribution in [-0.2, 0) is 19.1 Å². The molecule has 0 spiro atoms. The molecular weight excluding hydrogens is 160 g/mol. The molecule has 0 bridgehead atoms. The van der Waals surface area contributed by atoms with E-state index in [-0.39, 0.29) is 24.5 Å². The van der Waals surface area contributed by atoms with Gasteiger partial charge in [0.15, 0.2) is 0 Å². The van der Waals surface area contributed by atoms with Gasteiger partial charge >= 0.3 is 11.9 Å². The Morgan fingerprint density at radius 2 is 2.42 bits per heavy atom. The largest absolute Gasteiger partial charge is 0.466 e. The Labute approximate surface area is 70.8 Å². The van der Waals surface area contributed by atoms with E-state index in [1.54, 1.807) is 13.8 Å². The van der Waals surface area contributed by atoms with Crippen LogP contribution < -0.4 is 0 Å². The minimum atomic E-state index is -0.405. The summed E-state index contributed by atoms with van der Waals surface area (Å²) in [7, 11) is 0. The average Bonchev–Trinajstić information content (AvgIpc) is 2.30. The third-order valence-electron chi connectivity index (χ3n) is 1.86. The number of hydrogen-bond donors (Lipinski definition) is 0. The third kappa shape index (κ3) is 1.75. The van der Waals surface area contributed by atoms with Gasteiger partial charge in [0.05, 0.1) is 13.0 Å². The second kappa shape index (κ2) is 3.56. The molecule has 1 rings (SSSR count). The van der Waals surface area contributed by atoms with Gasteiger partial charge in [-0.2, -0.15) is 0 Å². The van der Waals surface area contributed by atoms with E-state index in [0.29, 0.717) is 6.61 Å². The van der Waals surface area contributed by atoms with Crippen molar-refractivity contribution in [1.82, 2.24) is 0 Å². The van der Waals surface area contributed by atoms with E-state index in [1.807, 2.05) is 0 Å². The van der Waals surface area contributed by atoms with Crippen molar-refractivity contribution in [2.45, 2.75) is 26.4 Å². The van der Waals surface area contributed by atoms with E-state index < -0.39 is 5.92 Å². The van der Waals surface area contributed by atoms with Gasteiger partial charge in [-0.3, -0.25) is 9.59 Å². The monoisotopic (exact) mass is 172 g/mol. The van der Waals surface area contributed by atoms with Gasteiger partial charge in [-0.1, -0.05) is 0 Å². The minimum Gasteiger partial charge on any atom is -0.466 e. The highest BCUT2D eigenvalue weighted by atomic mass is 16.6. The average molecular weight is 172 g/mol. The molecular formula is C8H12O4. The first kappa shape index (κ1) is 9.03. The first-order valence-corrected chi connectivity index (χ1v) is 4.01. The zero-order valence-corrected chi connectivity index (χ0v) is 7.20. The quantitative estimate of drug-likeness (QED) is 0.569. The Kier molecular flexibility index (Phi) is 2.68. The van der Waals surface area contributed by atoms with E-state index in [1.165, 1.54) is 0 Å². The Morgan fingerprint density at radius 1 is 1.75 bits per heavy atom. The van der Waals surface area contributed by atoms with Gasteiger partial charge in [0.25, 0.3) is 0 Å². The summed E-state index contributed by atoms with van der Waals surface area (Å²) in [4.78, 5) is 21.9. The molecule has 0 saturated carbocycles. The minimum absolute atomic E-state index is 0.153. The lowest BCUT2D eigenvalue weighted by molar-refractivity contribution is -0.149. The molecule has 1 heterocycles. The van der Waals surface area contributed by atoms with E-state index in [0.717, 1.165) is 0 Å². The molecule has 1 aliphatic rings. The van der Waals surface area contributed by atoms with Gasteiger partial charge in [0.2, 0.25) is 0 Å². The van der Waals surface area contributed by atoms with Crippen molar-refractivity contribution in [3.8, 4) is 0 Å². The Balaban J connectivity index is 2.52. The number of esters is 2. The van der Waals surface area contributed by atoms with Crippen molar-refractivity contribution in [3.63, 3.8) is 0 Å². The van der Waals surface area contributed by atoms with Gasteiger partial charge in [-0.25, -0.2) is 0 Å². The van der Waals surface area contributed by atoms with Crippen molar-refractivity contribution < 1.29 is 19.1 Å². The lowest BCUT2D eigenvalue weighted by Gasteiger charge is -2.10. The maximum atomic E-state index is 11.1. The number of carbonyl (C=O) groups excluding carboxylic acids is 2. The summed E-state index contributed by atoms with van der Waals surface area (Å²) in [6.07, 6.45) is -0.184. The summed E-state index contributed by atoms with van der Waals surface area (Å²) in [6.45, 7) is 3.78. The Morgan fingerprint density at radius 3 is 2.83 bits per heavy atom. The van der Waals surface area contributed by atoms with Crippen molar-refractivity contribution in [1.29, 1.82) is 0 Å². The van der Waals surface area contributed by atoms with Crippen molar-refractivity contribution >= 4 is 11.9 Å². The van der Waals surface area contributed by atoms with Gasteiger partial charge in [0, 0.05) is 0 Å². The van der Waals surface area contributed by atoms with E-state index >= 15 is 0 Å². The van der Waals surface area contributed by atoms with Crippen LogP contribution in [0.3, 0.4) is 0 Å². The van der Waals surface area contributed by atoms with Crippen molar-refractivity contribution in [2.75, 3.05) is 6.61 Å². The molecule has 2 atom stereocenters. The molecule has 1 fully saturated rings. The summed E-state index contributed by atoms with van der Waals surface area (Å²) in [5.41, 5.74) is 0. The SMILES string of the molecule is CCOC(=O)[C@H]1CC(=O)O[C@@H]1C. The molecule has 1 aliphatic heterocycles. The smallest absolute Gasteiger partial charge is 0.313 e. The number of cyclic esters (lactones) is 1. The van der Waals surface area contributed by atoms with Gasteiger partial charge in [-0.15, -0.1) is 0 Å². The molecule has 4 nitrogen and oxygen atoms in total. The first-order valence-electron chi connectivity index (χ1n) is 4.01. The maximum absolute atomic E-state index is 11.1. The predicted molar refractivity (Wildman–Crippen MR) is 40.3 cm³/mol. The fraction of sp³-hybridized carbons (Fsp3) is 0.750. The van der Waals surface area contributed by atoms with E-state index in [2.05, 4.69) is 0 Å². The van der Waals surface area contributed by atoms with Crippen LogP contribution in [0.4, 0.5) is 0 Å². The molecule has 0 unspecified atom stereocenters. The van der Waals surface area contributed by atoms with Gasteiger partial charge < -0.3 is 9.47 Å². The van der Waals surface area contributed by atoms with Crippen LogP contribution in [0, 0.1) is 5.92 Å². The summed E-state index contributed by atoms with van der Waals surface area (Å²) in [6, 6.07) is 0. The molecule has 0 radical (unpaired) electrons. The highest BCUT2D eigenvalue weighted by molar-refractivity contribution is 5.83. The molecule has 12 heavy (non-hydrogen) atoms. The lowest BCUT2D eigenvalue weighted by Crippen LogP contribution is -2.23. The molecule has 0 amide bonds. The Bertz CT molecular complexity index is 199. The lowest BCUT2D eigenvalue weighted by atomic mass is 10.0. The fourth-order valence-corrected chi connectivity index (χ4v) is 1.21. The van der Waals surface area contributed by atoms with Crippen LogP contribution in [0.2, 0.25) is 0 Å². The van der Waals surface area contributed by atoms with Crippen LogP contribution >= 0.6 is 0 Å². The number of ether oxygens (including phenoxy) is 2. The van der Waals surface area contributed by atoms with Crippen LogP contribution in [0.25, 0.3) is 0 Å². The molecule has 68 valence electrons. The van der Waals surface area contributed by atoms with E-state index in [9.17, 15) is 9.59 Å². The molecule has 1 saturated heterocycles. The van der Waals surface area contributed by atoms with Crippen molar-refractivity contribution in [2.24, 2.45) is 5.92 Å². The fourth-order valence-electron chi connectivity index (χ4n) is 1.21. The molecule has 0 aliphatic carbocycles. The summed E-state index contributed by atoms with van der Waals surface area (Å²) < 4.78 is 9.57. The molecule has 0 aromatic heterocycles. The van der Waals surface area contributed by atoms with Gasteiger partial charge in [0.1, 0.15) is 12.0 Å². The van der Waals surface area contributed by atoms with Crippen molar-refractivity contribution in [3.05, 3.63) is 0 Å². The van der Waals surface area contributed by atoms with E-state index in [4.69, 9.17) is 9.47 Å². The van der Waals surface area contributed by atoms with Crippen LogP contribution in [0.5, 0.6) is 0 Å². The normalized spacial score (nSPS) is 28.3. The predicted octanol–water partition coefficient (Wildman–Crippen LogP) is 0.501. The van der Waals surface area contributed by atoms with Gasteiger partial charge in [-0.05, 0) is 13.8 Å². The second-order valence-corrected chi connectivity index (χ2v) is 2.76. The standard InChI is InChI=1S/C8H12O4/c1-3-11-8(10)6-4-7(9)12-5(6)2/h5-6H,3-4H2,1-2H3/t5-,6+/m1/s1. The zero-order valence-electron chi connectivity index (χ0n) is 7.20. The molecule has 0 aromatic rings. The summed E-state index contributed by atoms with van der Waals surface area (Å²) in [5.74, 6) is -1.06. The zero-order chi connectivity index (χ0) is 9.14. The first-order chi connectivity index (χ1) is 5.65. The summed E-state index contributed by atoms with van der Waals surface area (Å²) >= 11 is 0. The topological polar surface area (TPSA) is 52.6 Å². The molecule has 0 aromatic carbocycles. The molecule has 0 N–H and O–H groups in total. The molecule has 4 heteroatoms. The number of carbonyl (C=O) groups is 2. The highest BCUT2D eigenvalue weighted by Gasteiger charge is 2.37. The van der Waals surface area contributed by atoms with Crippen LogP contribution in [0.15, 0.2) is 0 Å². The number of rotatable bonds is 2. The third-order valence-corrected chi connectivity index (χ3v) is 1.86. The second-order valence-electron chi connectivity index (χ2n) is 2.76.